The highest BCUT2D eigenvalue weighted by Gasteiger charge is 2.69. The number of nitrogens with one attached hydrogen (secondary N) is 1. The van der Waals surface area contributed by atoms with Crippen LogP contribution >= 0.6 is 0 Å². The summed E-state index contributed by atoms with van der Waals surface area (Å²) in [4.78, 5) is 13.9. The van der Waals surface area contributed by atoms with E-state index >= 15 is 0 Å². The van der Waals surface area contributed by atoms with E-state index < -0.39 is 34.9 Å². The van der Waals surface area contributed by atoms with E-state index in [1.165, 1.54) is 5.56 Å². The Morgan fingerprint density at radius 3 is 2.55 bits per heavy atom. The number of hydrogen-bond donors (Lipinski definition) is 5. The molecule has 4 fully saturated rings. The van der Waals surface area contributed by atoms with Gasteiger partial charge in [0.1, 0.15) is 6.10 Å². The molecule has 0 bridgehead atoms. The molecule has 0 amide bonds. The molecule has 1 heterocycles. The van der Waals surface area contributed by atoms with Gasteiger partial charge >= 0.3 is 0 Å². The van der Waals surface area contributed by atoms with Crippen LogP contribution in [0, 0.1) is 40.4 Å². The van der Waals surface area contributed by atoms with Crippen molar-refractivity contribution in [2.24, 2.45) is 40.4 Å². The third-order valence-corrected chi connectivity index (χ3v) is 13.8. The molecule has 6 rings (SSSR count). The Morgan fingerprint density at radius 1 is 1.09 bits per heavy atom. The Bertz CT molecular complexity index is 1300. The third kappa shape index (κ3) is 6.08. The van der Waals surface area contributed by atoms with Gasteiger partial charge in [0.25, 0.3) is 0 Å². The van der Waals surface area contributed by atoms with Crippen molar-refractivity contribution in [2.75, 3.05) is 26.3 Å². The van der Waals surface area contributed by atoms with E-state index in [2.05, 4.69) is 38.2 Å². The number of carbonyl (C=O) groups is 1. The molecule has 0 spiro atoms. The highest BCUT2D eigenvalue weighted by Crippen LogP contribution is 2.68. The molecular formula is C39H59NO7. The number of aliphatic hydroxyl groups excluding tert-OH is 2. The first-order valence-corrected chi connectivity index (χ1v) is 18.3. The summed E-state index contributed by atoms with van der Waals surface area (Å²) < 4.78 is 12.5. The van der Waals surface area contributed by atoms with Crippen LogP contribution in [0.5, 0.6) is 0 Å². The third-order valence-electron chi connectivity index (χ3n) is 13.8. The fraction of sp³-hybridized carbons (Fsp3) is 0.769. The number of aliphatic hydroxyl groups is 4. The highest BCUT2D eigenvalue weighted by molar-refractivity contribution is 5.95. The molecule has 262 valence electrons. The van der Waals surface area contributed by atoms with Gasteiger partial charge in [-0.1, -0.05) is 51.1 Å². The topological polar surface area (TPSA) is 128 Å². The minimum Gasteiger partial charge on any atom is -0.392 e. The summed E-state index contributed by atoms with van der Waals surface area (Å²) in [5.74, 6) is -0.129. The van der Waals surface area contributed by atoms with E-state index in [0.717, 1.165) is 37.7 Å². The molecule has 5 N–H and O–H groups in total. The molecule has 4 aliphatic carbocycles. The van der Waals surface area contributed by atoms with E-state index in [-0.39, 0.29) is 46.9 Å². The van der Waals surface area contributed by atoms with Gasteiger partial charge in [0.05, 0.1) is 42.7 Å². The molecule has 1 aromatic carbocycles. The number of benzene rings is 1. The molecule has 0 radical (unpaired) electrons. The fourth-order valence-electron chi connectivity index (χ4n) is 10.9. The molecule has 1 aromatic rings. The maximum absolute atomic E-state index is 13.9. The van der Waals surface area contributed by atoms with Gasteiger partial charge in [-0.15, -0.1) is 0 Å². The minimum absolute atomic E-state index is 0.0212. The number of allylic oxidation sites excluding steroid dienone is 1. The number of fused-ring (bicyclic) bond motifs is 5. The van der Waals surface area contributed by atoms with Crippen molar-refractivity contribution in [2.45, 2.75) is 122 Å². The van der Waals surface area contributed by atoms with Gasteiger partial charge in [0.2, 0.25) is 0 Å². The summed E-state index contributed by atoms with van der Waals surface area (Å²) in [6.07, 6.45) is 5.60. The van der Waals surface area contributed by atoms with Crippen LogP contribution in [0.25, 0.3) is 0 Å². The molecule has 13 atom stereocenters. The van der Waals surface area contributed by atoms with Crippen LogP contribution < -0.4 is 5.32 Å². The largest absolute Gasteiger partial charge is 0.392 e. The lowest BCUT2D eigenvalue weighted by atomic mass is 9.46. The quantitative estimate of drug-likeness (QED) is 0.240. The maximum atomic E-state index is 13.9. The van der Waals surface area contributed by atoms with Crippen LogP contribution in [-0.2, 0) is 20.7 Å². The number of ether oxygens (including phenoxy) is 2. The van der Waals surface area contributed by atoms with Crippen LogP contribution in [0.4, 0.5) is 0 Å². The second-order valence-corrected chi connectivity index (χ2v) is 16.6. The normalized spacial score (nSPS) is 42.5. The zero-order valence-electron chi connectivity index (χ0n) is 29.2. The molecule has 8 heteroatoms. The monoisotopic (exact) mass is 653 g/mol. The lowest BCUT2D eigenvalue weighted by Crippen LogP contribution is -2.63. The van der Waals surface area contributed by atoms with Crippen LogP contribution in [0.1, 0.15) is 85.1 Å². The van der Waals surface area contributed by atoms with Crippen LogP contribution in [0.15, 0.2) is 42.0 Å². The first-order chi connectivity index (χ1) is 22.2. The van der Waals surface area contributed by atoms with Gasteiger partial charge in [-0.05, 0) is 106 Å². The van der Waals surface area contributed by atoms with Gasteiger partial charge in [-0.3, -0.25) is 4.79 Å². The Morgan fingerprint density at radius 2 is 1.83 bits per heavy atom. The summed E-state index contributed by atoms with van der Waals surface area (Å²) in [5, 5.41) is 49.8. The van der Waals surface area contributed by atoms with Gasteiger partial charge in [-0.25, -0.2) is 0 Å². The predicted molar refractivity (Wildman–Crippen MR) is 181 cm³/mol. The lowest BCUT2D eigenvalue weighted by molar-refractivity contribution is -0.193. The van der Waals surface area contributed by atoms with Crippen LogP contribution in [0.2, 0.25) is 0 Å². The van der Waals surface area contributed by atoms with E-state index in [0.29, 0.717) is 45.6 Å². The zero-order valence-corrected chi connectivity index (χ0v) is 29.2. The SMILES string of the molecule is C[C@H](O)CNC[C@H]1[C@@H]([C@@H](O)[C@@](C)(O)[C@H]2CC[C@@]3(O)C4=CC(=O)[C@@H]5C[C@@H](OCCc6ccccc6)CC[C@]5(C)[C@H]4CC[C@]23C)OC[C@@H]1C. The Balaban J connectivity index is 1.17. The summed E-state index contributed by atoms with van der Waals surface area (Å²) >= 11 is 0. The highest BCUT2D eigenvalue weighted by atomic mass is 16.5. The molecule has 1 aliphatic heterocycles. The molecule has 0 aromatic heterocycles. The van der Waals surface area contributed by atoms with E-state index in [9.17, 15) is 25.2 Å². The average Bonchev–Trinajstić information content (AvgIpc) is 3.54. The minimum atomic E-state index is -1.51. The van der Waals surface area contributed by atoms with Crippen LogP contribution in [-0.4, -0.2) is 88.1 Å². The van der Waals surface area contributed by atoms with Crippen molar-refractivity contribution in [3.8, 4) is 0 Å². The van der Waals surface area contributed by atoms with Crippen LogP contribution in [0.3, 0.4) is 0 Å². The molecule has 3 saturated carbocycles. The first-order valence-electron chi connectivity index (χ1n) is 18.3. The average molecular weight is 654 g/mol. The summed E-state index contributed by atoms with van der Waals surface area (Å²) in [7, 11) is 0. The van der Waals surface area contributed by atoms with E-state index in [4.69, 9.17) is 9.47 Å². The Labute approximate surface area is 281 Å². The zero-order chi connectivity index (χ0) is 33.8. The summed E-state index contributed by atoms with van der Waals surface area (Å²) in [6.45, 7) is 12.0. The number of carbonyl (C=O) groups excluding carboxylic acids is 1. The standard InChI is InChI=1S/C39H59NO7/c1-24-23-47-34(28(24)22-40-21-25(2)41)35(43)38(5,44)33-13-17-39(45)30-20-32(42)31-19-27(46-18-14-26-9-7-6-8-10-26)11-15-36(31,3)29(30)12-16-37(33,39)4/h6-10,20,24-25,27-29,31,33-35,40-41,43-45H,11-19,21-23H2,1-5H3/t24-,25-,27-,28+,29-,31-,33-,34-,35+,36+,37+,38-,39+/m0/s1. The molecule has 8 nitrogen and oxygen atoms in total. The van der Waals surface area contributed by atoms with Gasteiger partial charge in [-0.2, -0.15) is 0 Å². The predicted octanol–water partition coefficient (Wildman–Crippen LogP) is 4.22. The second-order valence-electron chi connectivity index (χ2n) is 16.6. The summed E-state index contributed by atoms with van der Waals surface area (Å²) in [6, 6.07) is 10.3. The second kappa shape index (κ2) is 13.2. The molecule has 47 heavy (non-hydrogen) atoms. The van der Waals surface area contributed by atoms with Crippen molar-refractivity contribution in [3.63, 3.8) is 0 Å². The summed E-state index contributed by atoms with van der Waals surface area (Å²) in [5.41, 5.74) is -1.56. The number of rotatable bonds is 11. The van der Waals surface area contributed by atoms with E-state index in [1.54, 1.807) is 19.9 Å². The molecular weight excluding hydrogens is 594 g/mol. The maximum Gasteiger partial charge on any atom is 0.159 e. The fourth-order valence-corrected chi connectivity index (χ4v) is 10.9. The van der Waals surface area contributed by atoms with Crippen molar-refractivity contribution in [3.05, 3.63) is 47.5 Å². The van der Waals surface area contributed by atoms with Gasteiger partial charge in [0, 0.05) is 30.3 Å². The first kappa shape index (κ1) is 35.2. The van der Waals surface area contributed by atoms with Gasteiger partial charge in [0.15, 0.2) is 5.78 Å². The smallest absolute Gasteiger partial charge is 0.159 e. The molecule has 0 unspecified atom stereocenters. The van der Waals surface area contributed by atoms with Crippen molar-refractivity contribution in [1.29, 1.82) is 0 Å². The lowest BCUT2D eigenvalue weighted by Gasteiger charge is -2.60. The molecule has 5 aliphatic rings. The van der Waals surface area contributed by atoms with Crippen molar-refractivity contribution < 1.29 is 34.7 Å². The van der Waals surface area contributed by atoms with Gasteiger partial charge < -0.3 is 35.2 Å². The number of hydrogen-bond acceptors (Lipinski definition) is 8. The molecule has 1 saturated heterocycles. The number of ketones is 1. The van der Waals surface area contributed by atoms with Crippen molar-refractivity contribution in [1.82, 2.24) is 5.32 Å². The van der Waals surface area contributed by atoms with E-state index in [1.807, 2.05) is 18.2 Å². The Hall–Kier alpha value is -1.65. The van der Waals surface area contributed by atoms with Crippen molar-refractivity contribution >= 4 is 5.78 Å². The Kier molecular flexibility index (Phi) is 9.91.